The molecule has 4 nitrogen and oxygen atoms in total. The molecular weight excluding hydrogens is 211 g/mol. The highest BCUT2D eigenvalue weighted by molar-refractivity contribution is 5.85. The molecule has 1 aromatic heterocycles. The molecule has 1 unspecified atom stereocenters. The molecule has 0 saturated heterocycles. The van der Waals surface area contributed by atoms with E-state index in [4.69, 9.17) is 10.8 Å². The molecule has 3 N–H and O–H groups in total. The summed E-state index contributed by atoms with van der Waals surface area (Å²) < 4.78 is 12.6. The number of halogens is 2. The number of nitrogens with zero attached hydrogens (tertiary/aromatic N) is 1. The van der Waals surface area contributed by atoms with Gasteiger partial charge in [-0.05, 0) is 18.1 Å². The largest absolute Gasteiger partial charge is 0.480 e. The van der Waals surface area contributed by atoms with Gasteiger partial charge in [-0.2, -0.15) is 0 Å². The standard InChI is InChI=1S/C8H9FN2O2.ClH/c9-6-1-5(3-11-4-6)2-7(10)8(12)13;/h1,3-4,7H,2,10H2,(H,12,13);1H. The molecule has 0 spiro atoms. The average Bonchev–Trinajstić information content (AvgIpc) is 2.04. The lowest BCUT2D eigenvalue weighted by molar-refractivity contribution is -0.138. The Morgan fingerprint density at radius 1 is 1.64 bits per heavy atom. The molecule has 0 aliphatic carbocycles. The maximum Gasteiger partial charge on any atom is 0.320 e. The van der Waals surface area contributed by atoms with Crippen molar-refractivity contribution < 1.29 is 14.3 Å². The Bertz CT molecular complexity index is 322. The lowest BCUT2D eigenvalue weighted by Gasteiger charge is -2.05. The molecule has 1 atom stereocenters. The second-order valence-electron chi connectivity index (χ2n) is 2.66. The van der Waals surface area contributed by atoms with Crippen molar-refractivity contribution in [3.63, 3.8) is 0 Å². The van der Waals surface area contributed by atoms with Crippen LogP contribution >= 0.6 is 12.4 Å². The van der Waals surface area contributed by atoms with E-state index >= 15 is 0 Å². The molecule has 78 valence electrons. The summed E-state index contributed by atoms with van der Waals surface area (Å²) in [6.07, 6.45) is 2.53. The summed E-state index contributed by atoms with van der Waals surface area (Å²) in [5, 5.41) is 8.47. The van der Waals surface area contributed by atoms with E-state index in [0.717, 1.165) is 6.20 Å². The van der Waals surface area contributed by atoms with E-state index in [1.807, 2.05) is 0 Å². The Kier molecular flexibility index (Phi) is 5.04. The first-order valence-corrected chi connectivity index (χ1v) is 3.67. The molecule has 0 radical (unpaired) electrons. The van der Waals surface area contributed by atoms with Crippen LogP contribution < -0.4 is 5.73 Å². The Labute approximate surface area is 86.4 Å². The first-order chi connectivity index (χ1) is 6.09. The quantitative estimate of drug-likeness (QED) is 0.782. The summed E-state index contributed by atoms with van der Waals surface area (Å²) in [6.45, 7) is 0. The molecule has 0 aromatic carbocycles. The minimum atomic E-state index is -1.11. The molecule has 1 rings (SSSR count). The third-order valence-corrected chi connectivity index (χ3v) is 1.53. The summed E-state index contributed by atoms with van der Waals surface area (Å²) in [6, 6.07) is 0.207. The van der Waals surface area contributed by atoms with Crippen molar-refractivity contribution in [2.75, 3.05) is 0 Å². The molecular formula is C8H10ClFN2O2. The first-order valence-electron chi connectivity index (χ1n) is 3.67. The number of carboxylic acid groups (broad SMARTS) is 1. The summed E-state index contributed by atoms with van der Waals surface area (Å²) in [5.74, 6) is -1.60. The Balaban J connectivity index is 0.00000169. The highest BCUT2D eigenvalue weighted by Gasteiger charge is 2.12. The fraction of sp³-hybridized carbons (Fsp3) is 0.250. The van der Waals surface area contributed by atoms with Crippen LogP contribution in [0.15, 0.2) is 18.5 Å². The number of aromatic nitrogens is 1. The number of hydrogen-bond acceptors (Lipinski definition) is 3. The minimum Gasteiger partial charge on any atom is -0.480 e. The van der Waals surface area contributed by atoms with Gasteiger partial charge >= 0.3 is 5.97 Å². The van der Waals surface area contributed by atoms with Crippen LogP contribution in [0.5, 0.6) is 0 Å². The van der Waals surface area contributed by atoms with Crippen molar-refractivity contribution in [1.82, 2.24) is 4.98 Å². The number of carboxylic acids is 1. The van der Waals surface area contributed by atoms with Crippen molar-refractivity contribution >= 4 is 18.4 Å². The van der Waals surface area contributed by atoms with E-state index in [-0.39, 0.29) is 18.8 Å². The van der Waals surface area contributed by atoms with Gasteiger partial charge in [-0.25, -0.2) is 4.39 Å². The van der Waals surface area contributed by atoms with Gasteiger partial charge in [0, 0.05) is 6.20 Å². The molecule has 14 heavy (non-hydrogen) atoms. The zero-order valence-electron chi connectivity index (χ0n) is 7.18. The van der Waals surface area contributed by atoms with Gasteiger partial charge in [-0.1, -0.05) is 0 Å². The molecule has 1 heterocycles. The summed E-state index contributed by atoms with van der Waals surface area (Å²) in [5.41, 5.74) is 5.73. The third kappa shape index (κ3) is 3.68. The Morgan fingerprint density at radius 3 is 2.79 bits per heavy atom. The Morgan fingerprint density at radius 2 is 2.29 bits per heavy atom. The zero-order valence-corrected chi connectivity index (χ0v) is 8.00. The number of rotatable bonds is 3. The van der Waals surface area contributed by atoms with E-state index in [1.54, 1.807) is 0 Å². The predicted molar refractivity (Wildman–Crippen MR) is 50.8 cm³/mol. The molecule has 1 aromatic rings. The fourth-order valence-electron chi connectivity index (χ4n) is 0.909. The number of aliphatic carboxylic acids is 1. The lowest BCUT2D eigenvalue weighted by Crippen LogP contribution is -2.32. The normalized spacial score (nSPS) is 11.6. The van der Waals surface area contributed by atoms with Gasteiger partial charge in [0.05, 0.1) is 6.20 Å². The smallest absolute Gasteiger partial charge is 0.320 e. The van der Waals surface area contributed by atoms with Gasteiger partial charge in [-0.15, -0.1) is 12.4 Å². The number of hydrogen-bond donors (Lipinski definition) is 2. The maximum absolute atomic E-state index is 12.6. The van der Waals surface area contributed by atoms with E-state index in [9.17, 15) is 9.18 Å². The molecule has 0 bridgehead atoms. The summed E-state index contributed by atoms with van der Waals surface area (Å²) >= 11 is 0. The first kappa shape index (κ1) is 12.8. The van der Waals surface area contributed by atoms with Gasteiger partial charge in [-0.3, -0.25) is 9.78 Å². The second kappa shape index (κ2) is 5.51. The van der Waals surface area contributed by atoms with Crippen molar-refractivity contribution in [3.8, 4) is 0 Å². The van der Waals surface area contributed by atoms with Crippen LogP contribution in [-0.2, 0) is 11.2 Å². The van der Waals surface area contributed by atoms with E-state index in [2.05, 4.69) is 4.98 Å². The fourth-order valence-corrected chi connectivity index (χ4v) is 0.909. The van der Waals surface area contributed by atoms with Crippen LogP contribution in [0, 0.1) is 5.82 Å². The van der Waals surface area contributed by atoms with Crippen LogP contribution in [0.3, 0.4) is 0 Å². The highest BCUT2D eigenvalue weighted by Crippen LogP contribution is 2.03. The van der Waals surface area contributed by atoms with Gasteiger partial charge < -0.3 is 10.8 Å². The Hall–Kier alpha value is -1.20. The third-order valence-electron chi connectivity index (χ3n) is 1.53. The van der Waals surface area contributed by atoms with E-state index in [0.29, 0.717) is 5.56 Å². The number of carbonyl (C=O) groups is 1. The van der Waals surface area contributed by atoms with Gasteiger partial charge in [0.2, 0.25) is 0 Å². The van der Waals surface area contributed by atoms with E-state index < -0.39 is 17.8 Å². The maximum atomic E-state index is 12.6. The second-order valence-corrected chi connectivity index (χ2v) is 2.66. The summed E-state index contributed by atoms with van der Waals surface area (Å²) in [4.78, 5) is 13.9. The van der Waals surface area contributed by atoms with Crippen LogP contribution in [0.2, 0.25) is 0 Å². The van der Waals surface area contributed by atoms with Crippen LogP contribution in [0.25, 0.3) is 0 Å². The van der Waals surface area contributed by atoms with Crippen LogP contribution in [-0.4, -0.2) is 22.1 Å². The SMILES string of the molecule is Cl.NC(Cc1cncc(F)c1)C(=O)O. The molecule has 0 amide bonds. The molecule has 0 saturated carbocycles. The highest BCUT2D eigenvalue weighted by atomic mass is 35.5. The summed E-state index contributed by atoms with van der Waals surface area (Å²) in [7, 11) is 0. The number of nitrogens with two attached hydrogens (primary N) is 1. The van der Waals surface area contributed by atoms with Crippen molar-refractivity contribution in [2.24, 2.45) is 5.73 Å². The molecule has 6 heteroatoms. The van der Waals surface area contributed by atoms with Crippen molar-refractivity contribution in [3.05, 3.63) is 29.8 Å². The van der Waals surface area contributed by atoms with Crippen LogP contribution in [0.4, 0.5) is 4.39 Å². The lowest BCUT2D eigenvalue weighted by atomic mass is 10.1. The van der Waals surface area contributed by atoms with Gasteiger partial charge in [0.25, 0.3) is 0 Å². The zero-order chi connectivity index (χ0) is 9.84. The average molecular weight is 221 g/mol. The topological polar surface area (TPSA) is 76.2 Å². The van der Waals surface area contributed by atoms with Crippen molar-refractivity contribution in [1.29, 1.82) is 0 Å². The molecule has 0 aliphatic heterocycles. The van der Waals surface area contributed by atoms with Crippen molar-refractivity contribution in [2.45, 2.75) is 12.5 Å². The van der Waals surface area contributed by atoms with Gasteiger partial charge in [0.15, 0.2) is 0 Å². The van der Waals surface area contributed by atoms with Crippen LogP contribution in [0.1, 0.15) is 5.56 Å². The molecule has 0 aliphatic rings. The monoisotopic (exact) mass is 220 g/mol. The van der Waals surface area contributed by atoms with E-state index in [1.165, 1.54) is 12.3 Å². The molecule has 0 fully saturated rings. The predicted octanol–water partition coefficient (Wildman–Crippen LogP) is 0.597. The van der Waals surface area contributed by atoms with Gasteiger partial charge in [0.1, 0.15) is 11.9 Å². The minimum absolute atomic E-state index is 0. The number of pyridine rings is 1.